The van der Waals surface area contributed by atoms with Gasteiger partial charge in [0, 0.05) is 31.3 Å². The van der Waals surface area contributed by atoms with Crippen LogP contribution >= 0.6 is 11.6 Å². The number of halogens is 1. The monoisotopic (exact) mass is 265 g/mol. The molecule has 2 rings (SSSR count). The summed E-state index contributed by atoms with van der Waals surface area (Å²) in [7, 11) is 1.68. The zero-order chi connectivity index (χ0) is 13.0. The van der Waals surface area contributed by atoms with Gasteiger partial charge in [0.1, 0.15) is 0 Å². The second-order valence-electron chi connectivity index (χ2n) is 4.32. The predicted molar refractivity (Wildman–Crippen MR) is 72.5 cm³/mol. The molecule has 96 valence electrons. The normalized spacial score (nSPS) is 19.7. The minimum absolute atomic E-state index is 0.0319. The second-order valence-corrected chi connectivity index (χ2v) is 4.75. The van der Waals surface area contributed by atoms with Crippen LogP contribution in [0.3, 0.4) is 0 Å². The van der Waals surface area contributed by atoms with Crippen molar-refractivity contribution in [2.24, 2.45) is 0 Å². The lowest BCUT2D eigenvalue weighted by Crippen LogP contribution is -2.28. The van der Waals surface area contributed by atoms with Crippen LogP contribution in [-0.4, -0.2) is 37.1 Å². The van der Waals surface area contributed by atoms with Gasteiger partial charge in [-0.05, 0) is 30.2 Å². The summed E-state index contributed by atoms with van der Waals surface area (Å²) in [4.78, 5) is 13.7. The van der Waals surface area contributed by atoms with Crippen LogP contribution in [0, 0.1) is 0 Å². The van der Waals surface area contributed by atoms with Gasteiger partial charge < -0.3 is 9.64 Å². The minimum Gasteiger partial charge on any atom is -0.380 e. The maximum atomic E-state index is 11.9. The van der Waals surface area contributed by atoms with Gasteiger partial charge in [0.2, 0.25) is 5.91 Å². The maximum Gasteiger partial charge on any atom is 0.246 e. The fraction of sp³-hybridized carbons (Fsp3) is 0.357. The molecule has 0 aliphatic carbocycles. The van der Waals surface area contributed by atoms with E-state index in [1.807, 2.05) is 24.3 Å². The Morgan fingerprint density at radius 1 is 1.44 bits per heavy atom. The van der Waals surface area contributed by atoms with E-state index in [1.54, 1.807) is 24.2 Å². The quantitative estimate of drug-likeness (QED) is 0.787. The highest BCUT2D eigenvalue weighted by Crippen LogP contribution is 2.14. The van der Waals surface area contributed by atoms with Crippen LogP contribution in [0.5, 0.6) is 0 Å². The molecule has 1 aromatic carbocycles. The molecule has 0 saturated carbocycles. The zero-order valence-electron chi connectivity index (χ0n) is 10.3. The SMILES string of the molecule is CO[C@@H]1CCN(C(=O)C=Cc2ccc(Cl)cc2)C1. The van der Waals surface area contributed by atoms with Gasteiger partial charge in [0.05, 0.1) is 6.10 Å². The fourth-order valence-corrected chi connectivity index (χ4v) is 2.09. The van der Waals surface area contributed by atoms with E-state index in [-0.39, 0.29) is 12.0 Å². The fourth-order valence-electron chi connectivity index (χ4n) is 1.97. The van der Waals surface area contributed by atoms with Crippen molar-refractivity contribution in [2.75, 3.05) is 20.2 Å². The molecule has 4 heteroatoms. The molecule has 1 fully saturated rings. The first-order valence-corrected chi connectivity index (χ1v) is 6.32. The number of likely N-dealkylation sites (tertiary alicyclic amines) is 1. The average Bonchev–Trinajstić information content (AvgIpc) is 2.86. The van der Waals surface area contributed by atoms with Crippen molar-refractivity contribution in [3.8, 4) is 0 Å². The van der Waals surface area contributed by atoms with Crippen molar-refractivity contribution in [1.29, 1.82) is 0 Å². The van der Waals surface area contributed by atoms with E-state index in [0.717, 1.165) is 18.5 Å². The molecule has 1 atom stereocenters. The average molecular weight is 266 g/mol. The zero-order valence-corrected chi connectivity index (χ0v) is 11.1. The van der Waals surface area contributed by atoms with Crippen LogP contribution in [0.15, 0.2) is 30.3 Å². The number of carbonyl (C=O) groups is 1. The first-order chi connectivity index (χ1) is 8.69. The molecule has 1 aliphatic rings. The molecule has 18 heavy (non-hydrogen) atoms. The van der Waals surface area contributed by atoms with Crippen LogP contribution in [0.1, 0.15) is 12.0 Å². The Hall–Kier alpha value is -1.32. The number of benzene rings is 1. The van der Waals surface area contributed by atoms with Crippen molar-refractivity contribution >= 4 is 23.6 Å². The van der Waals surface area contributed by atoms with E-state index in [0.29, 0.717) is 11.6 Å². The third kappa shape index (κ3) is 3.34. The van der Waals surface area contributed by atoms with Gasteiger partial charge in [-0.2, -0.15) is 0 Å². The van der Waals surface area contributed by atoms with Crippen molar-refractivity contribution < 1.29 is 9.53 Å². The molecular weight excluding hydrogens is 250 g/mol. The maximum absolute atomic E-state index is 11.9. The number of rotatable bonds is 3. The number of methoxy groups -OCH3 is 1. The van der Waals surface area contributed by atoms with E-state index in [9.17, 15) is 4.79 Å². The van der Waals surface area contributed by atoms with E-state index < -0.39 is 0 Å². The number of amides is 1. The van der Waals surface area contributed by atoms with Crippen LogP contribution in [0.4, 0.5) is 0 Å². The summed E-state index contributed by atoms with van der Waals surface area (Å²) in [6.07, 6.45) is 4.50. The summed E-state index contributed by atoms with van der Waals surface area (Å²) < 4.78 is 5.23. The Morgan fingerprint density at radius 2 is 2.17 bits per heavy atom. The summed E-state index contributed by atoms with van der Waals surface area (Å²) in [6.45, 7) is 1.45. The molecule has 1 aromatic rings. The molecule has 1 aliphatic heterocycles. The van der Waals surface area contributed by atoms with Crippen molar-refractivity contribution in [3.05, 3.63) is 40.9 Å². The molecule has 0 unspecified atom stereocenters. The molecule has 0 aromatic heterocycles. The summed E-state index contributed by atoms with van der Waals surface area (Å²) in [5.41, 5.74) is 0.968. The molecule has 0 spiro atoms. The summed E-state index contributed by atoms with van der Waals surface area (Å²) >= 11 is 5.80. The summed E-state index contributed by atoms with van der Waals surface area (Å²) in [6, 6.07) is 7.38. The van der Waals surface area contributed by atoms with Gasteiger partial charge in [-0.1, -0.05) is 23.7 Å². The van der Waals surface area contributed by atoms with E-state index >= 15 is 0 Å². The number of hydrogen-bond donors (Lipinski definition) is 0. The third-order valence-corrected chi connectivity index (χ3v) is 3.33. The van der Waals surface area contributed by atoms with Crippen LogP contribution in [0.2, 0.25) is 5.02 Å². The van der Waals surface area contributed by atoms with Gasteiger partial charge >= 0.3 is 0 Å². The number of ether oxygens (including phenoxy) is 1. The van der Waals surface area contributed by atoms with E-state index in [2.05, 4.69) is 0 Å². The van der Waals surface area contributed by atoms with Gasteiger partial charge in [0.25, 0.3) is 0 Å². The number of hydrogen-bond acceptors (Lipinski definition) is 2. The van der Waals surface area contributed by atoms with Gasteiger partial charge in [-0.3, -0.25) is 4.79 Å². The minimum atomic E-state index is 0.0319. The lowest BCUT2D eigenvalue weighted by Gasteiger charge is -2.13. The standard InChI is InChI=1S/C14H16ClNO2/c1-18-13-8-9-16(10-13)14(17)7-4-11-2-5-12(15)6-3-11/h2-7,13H,8-10H2,1H3/t13-/m1/s1. The van der Waals surface area contributed by atoms with Gasteiger partial charge in [-0.25, -0.2) is 0 Å². The molecule has 1 amide bonds. The van der Waals surface area contributed by atoms with E-state index in [1.165, 1.54) is 0 Å². The second kappa shape index (κ2) is 6.03. The smallest absolute Gasteiger partial charge is 0.246 e. The highest BCUT2D eigenvalue weighted by Gasteiger charge is 2.24. The highest BCUT2D eigenvalue weighted by molar-refractivity contribution is 6.30. The Morgan fingerprint density at radius 3 is 2.78 bits per heavy atom. The highest BCUT2D eigenvalue weighted by atomic mass is 35.5. The van der Waals surface area contributed by atoms with Crippen molar-refractivity contribution in [2.45, 2.75) is 12.5 Å². The molecule has 1 heterocycles. The van der Waals surface area contributed by atoms with Crippen LogP contribution < -0.4 is 0 Å². The van der Waals surface area contributed by atoms with Crippen molar-refractivity contribution in [3.63, 3.8) is 0 Å². The Bertz CT molecular complexity index is 442. The molecule has 1 saturated heterocycles. The van der Waals surface area contributed by atoms with Gasteiger partial charge in [-0.15, -0.1) is 0 Å². The van der Waals surface area contributed by atoms with E-state index in [4.69, 9.17) is 16.3 Å². The molecule has 0 bridgehead atoms. The Balaban J connectivity index is 1.93. The van der Waals surface area contributed by atoms with Gasteiger partial charge in [0.15, 0.2) is 0 Å². The number of carbonyl (C=O) groups excluding carboxylic acids is 1. The lowest BCUT2D eigenvalue weighted by molar-refractivity contribution is -0.125. The van der Waals surface area contributed by atoms with Crippen LogP contribution in [-0.2, 0) is 9.53 Å². The summed E-state index contributed by atoms with van der Waals surface area (Å²) in [5.74, 6) is 0.0319. The third-order valence-electron chi connectivity index (χ3n) is 3.08. The molecule has 0 N–H and O–H groups in total. The largest absolute Gasteiger partial charge is 0.380 e. The summed E-state index contributed by atoms with van der Waals surface area (Å²) in [5, 5.41) is 0.695. The first-order valence-electron chi connectivity index (χ1n) is 5.94. The Labute approximate surface area is 112 Å². The topological polar surface area (TPSA) is 29.5 Å². The first kappa shape index (κ1) is 13.1. The predicted octanol–water partition coefficient (Wildman–Crippen LogP) is 2.60. The molecular formula is C14H16ClNO2. The molecule has 0 radical (unpaired) electrons. The lowest BCUT2D eigenvalue weighted by atomic mass is 10.2. The number of nitrogens with zero attached hydrogens (tertiary/aromatic N) is 1. The Kier molecular flexibility index (Phi) is 4.39. The van der Waals surface area contributed by atoms with Crippen LogP contribution in [0.25, 0.3) is 6.08 Å². The molecule has 3 nitrogen and oxygen atoms in total. The van der Waals surface area contributed by atoms with Crippen molar-refractivity contribution in [1.82, 2.24) is 4.90 Å².